The number of esters is 1. The summed E-state index contributed by atoms with van der Waals surface area (Å²) >= 11 is 0. The molecule has 0 bridgehead atoms. The Kier molecular flexibility index (Phi) is 9.11. The van der Waals surface area contributed by atoms with Crippen molar-refractivity contribution in [2.75, 3.05) is 13.7 Å². The summed E-state index contributed by atoms with van der Waals surface area (Å²) in [5.74, 6) is 0.991. The highest BCUT2D eigenvalue weighted by Crippen LogP contribution is 2.45. The molecule has 7 nitrogen and oxygen atoms in total. The normalized spacial score (nSPS) is 14.2. The van der Waals surface area contributed by atoms with Gasteiger partial charge in [0.15, 0.2) is 11.5 Å². The zero-order chi connectivity index (χ0) is 27.8. The van der Waals surface area contributed by atoms with Crippen LogP contribution in [0.4, 0.5) is 0 Å². The monoisotopic (exact) mass is 526 g/mol. The Hall–Kier alpha value is -4.44. The molecule has 1 aliphatic heterocycles. The van der Waals surface area contributed by atoms with Crippen molar-refractivity contribution in [2.45, 2.75) is 51.9 Å². The molecule has 0 spiro atoms. The van der Waals surface area contributed by atoms with Crippen LogP contribution in [0, 0.1) is 18.3 Å². The second-order valence-electron chi connectivity index (χ2n) is 9.55. The van der Waals surface area contributed by atoms with E-state index in [4.69, 9.17) is 24.7 Å². The lowest BCUT2D eigenvalue weighted by molar-refractivity contribution is 0.0734. The number of rotatable bonds is 11. The van der Waals surface area contributed by atoms with Gasteiger partial charge in [-0.05, 0) is 49.2 Å². The van der Waals surface area contributed by atoms with Crippen LogP contribution in [0.2, 0.25) is 0 Å². The van der Waals surface area contributed by atoms with Crippen LogP contribution in [0.5, 0.6) is 23.0 Å². The Morgan fingerprint density at radius 1 is 1.00 bits per heavy atom. The minimum Gasteiger partial charge on any atom is -0.493 e. The van der Waals surface area contributed by atoms with E-state index in [1.807, 2.05) is 37.3 Å². The fourth-order valence-corrected chi connectivity index (χ4v) is 4.57. The van der Waals surface area contributed by atoms with Gasteiger partial charge in [-0.3, -0.25) is 0 Å². The number of benzene rings is 3. The van der Waals surface area contributed by atoms with Gasteiger partial charge in [-0.15, -0.1) is 0 Å². The molecule has 0 amide bonds. The topological polar surface area (TPSA) is 104 Å². The zero-order valence-corrected chi connectivity index (χ0v) is 22.7. The Morgan fingerprint density at radius 3 is 2.49 bits per heavy atom. The third-order valence-electron chi connectivity index (χ3n) is 6.71. The van der Waals surface area contributed by atoms with Gasteiger partial charge < -0.3 is 24.7 Å². The van der Waals surface area contributed by atoms with Gasteiger partial charge in [0.05, 0.1) is 25.2 Å². The van der Waals surface area contributed by atoms with Crippen molar-refractivity contribution in [2.24, 2.45) is 5.73 Å². The van der Waals surface area contributed by atoms with Gasteiger partial charge in [-0.1, -0.05) is 62.4 Å². The number of nitrogens with zero attached hydrogens (tertiary/aromatic N) is 1. The van der Waals surface area contributed by atoms with Crippen LogP contribution in [-0.4, -0.2) is 19.7 Å². The maximum atomic E-state index is 12.6. The van der Waals surface area contributed by atoms with Gasteiger partial charge in [-0.25, -0.2) is 4.79 Å². The smallest absolute Gasteiger partial charge is 0.343 e. The maximum absolute atomic E-state index is 12.6. The molecule has 0 radical (unpaired) electrons. The number of unbranched alkanes of at least 4 members (excludes halogenated alkanes) is 4. The van der Waals surface area contributed by atoms with E-state index in [2.05, 4.69) is 13.0 Å². The number of hydrogen-bond acceptors (Lipinski definition) is 7. The average Bonchev–Trinajstić information content (AvgIpc) is 2.94. The van der Waals surface area contributed by atoms with Crippen LogP contribution in [0.3, 0.4) is 0 Å². The number of aryl methyl sites for hydroxylation is 1. The first kappa shape index (κ1) is 27.6. The van der Waals surface area contributed by atoms with Crippen LogP contribution in [-0.2, 0) is 0 Å². The molecule has 0 fully saturated rings. The highest BCUT2D eigenvalue weighted by atomic mass is 16.5. The van der Waals surface area contributed by atoms with Crippen LogP contribution in [0.1, 0.15) is 72.0 Å². The summed E-state index contributed by atoms with van der Waals surface area (Å²) in [6.07, 6.45) is 5.75. The Bertz CT molecular complexity index is 1390. The lowest BCUT2D eigenvalue weighted by Gasteiger charge is -2.27. The number of allylic oxidation sites excluding steroid dienone is 1. The molecule has 1 unspecified atom stereocenters. The molecule has 1 aliphatic rings. The summed E-state index contributed by atoms with van der Waals surface area (Å²) in [6.45, 7) is 4.76. The molecular weight excluding hydrogens is 492 g/mol. The second kappa shape index (κ2) is 12.9. The molecule has 0 aromatic heterocycles. The van der Waals surface area contributed by atoms with E-state index in [9.17, 15) is 10.1 Å². The van der Waals surface area contributed by atoms with Gasteiger partial charge in [0, 0.05) is 11.6 Å². The molecule has 0 saturated heterocycles. The van der Waals surface area contributed by atoms with E-state index in [-0.39, 0.29) is 5.88 Å². The van der Waals surface area contributed by atoms with E-state index >= 15 is 0 Å². The van der Waals surface area contributed by atoms with Crippen molar-refractivity contribution in [3.8, 4) is 29.1 Å². The Labute approximate surface area is 229 Å². The van der Waals surface area contributed by atoms with Gasteiger partial charge in [0.1, 0.15) is 23.1 Å². The fourth-order valence-electron chi connectivity index (χ4n) is 4.57. The molecular formula is C32H34N2O5. The molecule has 3 aromatic carbocycles. The predicted octanol–water partition coefficient (Wildman–Crippen LogP) is 6.79. The van der Waals surface area contributed by atoms with E-state index in [0.717, 1.165) is 29.5 Å². The number of nitriles is 1. The van der Waals surface area contributed by atoms with Crippen molar-refractivity contribution < 1.29 is 23.7 Å². The number of hydrogen-bond donors (Lipinski definition) is 1. The number of carbonyl (C=O) groups excluding carboxylic acids is 1. The summed E-state index contributed by atoms with van der Waals surface area (Å²) in [4.78, 5) is 12.6. The maximum Gasteiger partial charge on any atom is 0.343 e. The molecule has 0 aliphatic carbocycles. The molecule has 0 saturated carbocycles. The highest BCUT2D eigenvalue weighted by Gasteiger charge is 2.32. The van der Waals surface area contributed by atoms with Gasteiger partial charge >= 0.3 is 5.97 Å². The predicted molar refractivity (Wildman–Crippen MR) is 149 cm³/mol. The van der Waals surface area contributed by atoms with Crippen molar-refractivity contribution in [1.82, 2.24) is 0 Å². The average molecular weight is 527 g/mol. The summed E-state index contributed by atoms with van der Waals surface area (Å²) in [7, 11) is 1.59. The first-order valence-electron chi connectivity index (χ1n) is 13.3. The minimum absolute atomic E-state index is 0.00313. The van der Waals surface area contributed by atoms with Crippen molar-refractivity contribution >= 4 is 5.97 Å². The number of nitrogens with two attached hydrogens (primary N) is 1. The van der Waals surface area contributed by atoms with Crippen LogP contribution in [0.25, 0.3) is 0 Å². The molecule has 2 N–H and O–H groups in total. The molecule has 1 heterocycles. The van der Waals surface area contributed by atoms with Crippen molar-refractivity contribution in [1.29, 1.82) is 5.26 Å². The van der Waals surface area contributed by atoms with Crippen molar-refractivity contribution in [3.63, 3.8) is 0 Å². The fraction of sp³-hybridized carbons (Fsp3) is 0.312. The van der Waals surface area contributed by atoms with E-state index in [0.29, 0.717) is 40.7 Å². The molecule has 1 atom stereocenters. The number of ether oxygens (including phenoxy) is 4. The van der Waals surface area contributed by atoms with Gasteiger partial charge in [0.2, 0.25) is 5.88 Å². The first-order chi connectivity index (χ1) is 18.9. The van der Waals surface area contributed by atoms with Crippen LogP contribution >= 0.6 is 0 Å². The summed E-state index contributed by atoms with van der Waals surface area (Å²) in [5.41, 5.74) is 9.49. The second-order valence-corrected chi connectivity index (χ2v) is 9.55. The molecule has 39 heavy (non-hydrogen) atoms. The van der Waals surface area contributed by atoms with E-state index < -0.39 is 11.9 Å². The summed E-state index contributed by atoms with van der Waals surface area (Å²) in [5, 5.41) is 9.93. The highest BCUT2D eigenvalue weighted by molar-refractivity contribution is 5.91. The Balaban J connectivity index is 1.57. The number of methoxy groups -OCH3 is 1. The molecule has 4 rings (SSSR count). The SMILES string of the molecule is CCCCCCCOc1ccc(C2C(C#N)=C(N)Oc3cc(OC(=O)c4ccc(C)cc4)ccc32)cc1OC. The summed E-state index contributed by atoms with van der Waals surface area (Å²) in [6, 6.07) is 20.1. The van der Waals surface area contributed by atoms with E-state index in [1.165, 1.54) is 19.3 Å². The number of carbonyl (C=O) groups is 1. The van der Waals surface area contributed by atoms with Crippen molar-refractivity contribution in [3.05, 3.63) is 94.4 Å². The largest absolute Gasteiger partial charge is 0.493 e. The molecule has 3 aromatic rings. The zero-order valence-electron chi connectivity index (χ0n) is 22.7. The Morgan fingerprint density at radius 2 is 1.77 bits per heavy atom. The molecule has 202 valence electrons. The standard InChI is InChI=1S/C32H34N2O5/c1-4-5-6-7-8-17-37-27-16-13-23(18-29(27)36-3)30-25-15-14-24(19-28(25)39-31(34)26(30)20-33)38-32(35)22-11-9-21(2)10-12-22/h9-16,18-19,30H,4-8,17,34H2,1-3H3. The van der Waals surface area contributed by atoms with Crippen LogP contribution < -0.4 is 24.7 Å². The quantitative estimate of drug-likeness (QED) is 0.167. The third kappa shape index (κ3) is 6.53. The van der Waals surface area contributed by atoms with Gasteiger partial charge in [-0.2, -0.15) is 5.26 Å². The van der Waals surface area contributed by atoms with Gasteiger partial charge in [0.25, 0.3) is 0 Å². The van der Waals surface area contributed by atoms with E-state index in [1.54, 1.807) is 37.4 Å². The lowest BCUT2D eigenvalue weighted by atomic mass is 9.83. The summed E-state index contributed by atoms with van der Waals surface area (Å²) < 4.78 is 23.0. The lowest BCUT2D eigenvalue weighted by Crippen LogP contribution is -2.21. The first-order valence-corrected chi connectivity index (χ1v) is 13.3. The minimum atomic E-state index is -0.488. The third-order valence-corrected chi connectivity index (χ3v) is 6.71. The molecule has 7 heteroatoms. The van der Waals surface area contributed by atoms with Crippen LogP contribution in [0.15, 0.2) is 72.1 Å². The number of fused-ring (bicyclic) bond motifs is 1.